The van der Waals surface area contributed by atoms with E-state index in [1.807, 2.05) is 49.1 Å². The number of Topliss-reactive ketones (excluding diaryl/α,β-unsaturated/α-hetero) is 1. The van der Waals surface area contributed by atoms with Gasteiger partial charge in [-0.3, -0.25) is 4.79 Å². The summed E-state index contributed by atoms with van der Waals surface area (Å²) in [5.41, 5.74) is 1.48. The van der Waals surface area contributed by atoms with Gasteiger partial charge in [-0.25, -0.2) is 4.79 Å². The molecule has 2 aromatic rings. The van der Waals surface area contributed by atoms with Crippen LogP contribution in [0.15, 0.2) is 78.4 Å². The Hall–Kier alpha value is -3.22. The Kier molecular flexibility index (Phi) is 8.59. The molecule has 0 aromatic heterocycles. The number of fused-ring (bicyclic) bond motifs is 3. The van der Waals surface area contributed by atoms with Crippen molar-refractivity contribution in [3.63, 3.8) is 0 Å². The van der Waals surface area contributed by atoms with Crippen LogP contribution >= 0.6 is 0 Å². The predicted octanol–water partition coefficient (Wildman–Crippen LogP) is 9.62. The molecule has 0 heterocycles. The largest absolute Gasteiger partial charge is 0.393 e. The van der Waals surface area contributed by atoms with Gasteiger partial charge in [0.15, 0.2) is 5.78 Å². The van der Waals surface area contributed by atoms with Crippen LogP contribution in [0, 0.1) is 56.7 Å². The molecule has 6 nitrogen and oxygen atoms in total. The van der Waals surface area contributed by atoms with Gasteiger partial charge in [0.05, 0.1) is 18.2 Å². The first-order chi connectivity index (χ1) is 26.1. The number of nitrogens with one attached hydrogen (secondary N) is 1. The minimum Gasteiger partial charge on any atom is -0.393 e. The van der Waals surface area contributed by atoms with Crippen LogP contribution in [0.3, 0.4) is 0 Å². The van der Waals surface area contributed by atoms with Crippen LogP contribution in [0.1, 0.15) is 116 Å². The van der Waals surface area contributed by atoms with Crippen molar-refractivity contribution in [3.8, 4) is 11.1 Å². The van der Waals surface area contributed by atoms with Crippen LogP contribution < -0.4 is 5.32 Å². The molecule has 3 N–H and O–H groups in total. The van der Waals surface area contributed by atoms with Crippen LogP contribution in [0.25, 0.3) is 11.1 Å². The summed E-state index contributed by atoms with van der Waals surface area (Å²) in [6.45, 7) is 14.6. The summed E-state index contributed by atoms with van der Waals surface area (Å²) in [6, 6.07) is 18.3. The molecule has 2 aromatic carbocycles. The van der Waals surface area contributed by atoms with E-state index < -0.39 is 22.5 Å². The Morgan fingerprint density at radius 1 is 0.836 bits per heavy atom. The number of allylic oxidation sites excluding steroid dienone is 4. The lowest BCUT2D eigenvalue weighted by molar-refractivity contribution is -0.176. The molecule has 4 bridgehead atoms. The molecule has 2 amide bonds. The van der Waals surface area contributed by atoms with Gasteiger partial charge >= 0.3 is 6.03 Å². The highest BCUT2D eigenvalue weighted by Gasteiger charge is 2.74. The lowest BCUT2D eigenvalue weighted by Gasteiger charge is -2.71. The normalized spacial score (nSPS) is 41.7. The Labute approximate surface area is 329 Å². The molecule has 0 saturated heterocycles. The fourth-order valence-corrected chi connectivity index (χ4v) is 14.5. The second-order valence-electron chi connectivity index (χ2n) is 20.8. The van der Waals surface area contributed by atoms with E-state index in [-0.39, 0.29) is 40.5 Å². The Morgan fingerprint density at radius 2 is 1.51 bits per heavy atom. The Bertz CT molecular complexity index is 1920. The van der Waals surface area contributed by atoms with Gasteiger partial charge in [0.25, 0.3) is 0 Å². The summed E-state index contributed by atoms with van der Waals surface area (Å²) in [7, 11) is 0. The maximum Gasteiger partial charge on any atom is 0.317 e. The molecule has 294 valence electrons. The summed E-state index contributed by atoms with van der Waals surface area (Å²) in [6.07, 6.45) is 15.8. The van der Waals surface area contributed by atoms with Crippen molar-refractivity contribution in [3.05, 3.63) is 84.0 Å². The van der Waals surface area contributed by atoms with Crippen LogP contribution in [0.4, 0.5) is 4.79 Å². The molecule has 11 atom stereocenters. The van der Waals surface area contributed by atoms with Gasteiger partial charge < -0.3 is 20.4 Å². The summed E-state index contributed by atoms with van der Waals surface area (Å²) in [4.78, 5) is 31.3. The zero-order valence-corrected chi connectivity index (χ0v) is 34.1. The number of nitrogens with zero attached hydrogens (tertiary/aromatic N) is 1. The smallest absolute Gasteiger partial charge is 0.317 e. The number of urea groups is 1. The van der Waals surface area contributed by atoms with Gasteiger partial charge in [0, 0.05) is 40.0 Å². The van der Waals surface area contributed by atoms with Crippen molar-refractivity contribution < 1.29 is 19.8 Å². The van der Waals surface area contributed by atoms with Gasteiger partial charge in [-0.2, -0.15) is 0 Å². The second kappa shape index (κ2) is 12.6. The molecular weight excluding hydrogens is 681 g/mol. The van der Waals surface area contributed by atoms with Crippen LogP contribution in [-0.4, -0.2) is 57.8 Å². The lowest BCUT2D eigenvalue weighted by Crippen LogP contribution is -2.67. The molecule has 9 aliphatic rings. The highest BCUT2D eigenvalue weighted by molar-refractivity contribution is 6.10. The van der Waals surface area contributed by atoms with E-state index in [4.69, 9.17) is 0 Å². The predicted molar refractivity (Wildman–Crippen MR) is 218 cm³/mol. The molecule has 6 heteroatoms. The molecule has 11 rings (SSSR count). The average Bonchev–Trinajstić information content (AvgIpc) is 3.44. The maximum absolute atomic E-state index is 15.2. The number of hydrogen-bond acceptors (Lipinski definition) is 4. The molecule has 9 aliphatic carbocycles. The van der Waals surface area contributed by atoms with Crippen molar-refractivity contribution in [1.82, 2.24) is 10.2 Å². The van der Waals surface area contributed by atoms with E-state index in [0.29, 0.717) is 48.7 Å². The van der Waals surface area contributed by atoms with Gasteiger partial charge in [0.1, 0.15) is 0 Å². The SMILES string of the molecule is CC(C)NC(=O)N(CC1CCC2CC1C2(C)C)CC1(O)CCC2C34C=CC5(C=C3C(=O)c3ccc(-c6ccccc6)cc3)CC(O)CCC5(C)C4CCC21C. The summed E-state index contributed by atoms with van der Waals surface area (Å²) < 4.78 is 0. The van der Waals surface area contributed by atoms with E-state index in [1.165, 1.54) is 12.8 Å². The zero-order valence-electron chi connectivity index (χ0n) is 34.1. The monoisotopic (exact) mass is 744 g/mol. The maximum atomic E-state index is 15.2. The topological polar surface area (TPSA) is 89.9 Å². The molecule has 55 heavy (non-hydrogen) atoms. The first-order valence-electron chi connectivity index (χ1n) is 21.7. The number of aliphatic hydroxyl groups is 2. The standard InChI is InChI=1S/C49H64N2O4/c1-31(2)50-43(54)51(29-35-16-17-36-26-38(35)44(36,3)4)30-48(55)23-20-41-46(48,6)22-19-40-45(5)21-18-37(52)27-47(45)24-25-49(40,41)39(28-47)42(53)34-14-12-33(13-15-34)32-10-8-7-9-11-32/h7-15,24-25,28,31,35-38,40-41,52,55H,16-23,26-27,29-30H2,1-6H3,(H,50,54). The Balaban J connectivity index is 1.08. The number of ketones is 1. The van der Waals surface area contributed by atoms with E-state index in [1.54, 1.807) is 0 Å². The van der Waals surface area contributed by atoms with Gasteiger partial charge in [0.2, 0.25) is 0 Å². The molecule has 11 unspecified atom stereocenters. The molecule has 6 fully saturated rings. The molecule has 6 saturated carbocycles. The van der Waals surface area contributed by atoms with E-state index in [2.05, 4.69) is 75.5 Å². The van der Waals surface area contributed by atoms with Crippen molar-refractivity contribution in [2.75, 3.05) is 13.1 Å². The fraction of sp³-hybridized carbons (Fsp3) is 0.633. The first kappa shape index (κ1) is 37.4. The van der Waals surface area contributed by atoms with E-state index in [0.717, 1.165) is 61.1 Å². The lowest BCUT2D eigenvalue weighted by atomic mass is 9.32. The number of hydrogen-bond donors (Lipinski definition) is 3. The van der Waals surface area contributed by atoms with Crippen LogP contribution in [0.5, 0.6) is 0 Å². The third-order valence-corrected chi connectivity index (χ3v) is 17.8. The van der Waals surface area contributed by atoms with Gasteiger partial charge in [-0.15, -0.1) is 0 Å². The molecule has 0 aliphatic heterocycles. The van der Waals surface area contributed by atoms with Crippen molar-refractivity contribution >= 4 is 11.8 Å². The summed E-state index contributed by atoms with van der Waals surface area (Å²) in [5.74, 6) is 2.18. The van der Waals surface area contributed by atoms with Gasteiger partial charge in [-0.05, 0) is 130 Å². The van der Waals surface area contributed by atoms with Crippen molar-refractivity contribution in [2.24, 2.45) is 56.7 Å². The number of benzene rings is 2. The van der Waals surface area contributed by atoms with Crippen molar-refractivity contribution in [1.29, 1.82) is 0 Å². The summed E-state index contributed by atoms with van der Waals surface area (Å²) >= 11 is 0. The van der Waals surface area contributed by atoms with Gasteiger partial charge in [-0.1, -0.05) is 101 Å². The third-order valence-electron chi connectivity index (χ3n) is 17.8. The quantitative estimate of drug-likeness (QED) is 0.186. The Morgan fingerprint density at radius 3 is 2.20 bits per heavy atom. The zero-order chi connectivity index (χ0) is 38.8. The minimum absolute atomic E-state index is 0.00636. The first-order valence-corrected chi connectivity index (χ1v) is 21.7. The highest BCUT2D eigenvalue weighted by atomic mass is 16.3. The number of carbonyl (C=O) groups is 2. The van der Waals surface area contributed by atoms with E-state index >= 15 is 4.79 Å². The minimum atomic E-state index is -1.09. The number of carbonyl (C=O) groups excluding carboxylic acids is 2. The number of amides is 2. The van der Waals surface area contributed by atoms with Crippen LogP contribution in [-0.2, 0) is 0 Å². The molecular formula is C49H64N2O4. The number of rotatable bonds is 8. The van der Waals surface area contributed by atoms with Crippen molar-refractivity contribution in [2.45, 2.75) is 123 Å². The average molecular weight is 745 g/mol. The number of aliphatic hydroxyl groups excluding tert-OH is 1. The fourth-order valence-electron chi connectivity index (χ4n) is 14.5. The third kappa shape index (κ3) is 5.25. The van der Waals surface area contributed by atoms with E-state index in [9.17, 15) is 15.0 Å². The molecule has 0 radical (unpaired) electrons. The second-order valence-corrected chi connectivity index (χ2v) is 20.8. The summed E-state index contributed by atoms with van der Waals surface area (Å²) in [5, 5.41) is 27.6. The van der Waals surface area contributed by atoms with Crippen LogP contribution in [0.2, 0.25) is 0 Å². The molecule has 2 spiro atoms. The highest BCUT2D eigenvalue weighted by Crippen LogP contribution is 2.78.